The van der Waals surface area contributed by atoms with E-state index in [1.807, 2.05) is 0 Å². The third-order valence-electron chi connectivity index (χ3n) is 2.67. The first-order valence-corrected chi connectivity index (χ1v) is 9.24. The van der Waals surface area contributed by atoms with Crippen molar-refractivity contribution in [2.45, 2.75) is 25.8 Å². The molecule has 2 rings (SSSR count). The highest BCUT2D eigenvalue weighted by Gasteiger charge is 2.16. The van der Waals surface area contributed by atoms with Crippen molar-refractivity contribution in [1.82, 2.24) is 5.32 Å². The van der Waals surface area contributed by atoms with Gasteiger partial charge >= 0.3 is 0 Å². The van der Waals surface area contributed by atoms with E-state index in [1.165, 1.54) is 14.2 Å². The minimum atomic E-state index is 0.409. The fourth-order valence-corrected chi connectivity index (χ4v) is 4.62. The molecule has 1 atom stereocenters. The van der Waals surface area contributed by atoms with Crippen molar-refractivity contribution in [3.63, 3.8) is 0 Å². The van der Waals surface area contributed by atoms with Gasteiger partial charge in [0.25, 0.3) is 0 Å². The van der Waals surface area contributed by atoms with Crippen LogP contribution in [-0.4, -0.2) is 6.54 Å². The topological polar surface area (TPSA) is 12.0 Å². The molecule has 0 saturated heterocycles. The molecular weight excluding hydrogens is 394 g/mol. The van der Waals surface area contributed by atoms with Crippen LogP contribution < -0.4 is 5.32 Å². The van der Waals surface area contributed by atoms with Gasteiger partial charge in [-0.2, -0.15) is 11.3 Å². The van der Waals surface area contributed by atoms with Crippen molar-refractivity contribution in [3.05, 3.63) is 41.6 Å². The Kier molecular flexibility index (Phi) is 5.89. The van der Waals surface area contributed by atoms with Crippen molar-refractivity contribution in [3.8, 4) is 0 Å². The number of rotatable bonds is 6. The molecule has 2 aromatic heterocycles. The third-order valence-corrected chi connectivity index (χ3v) is 6.77. The second kappa shape index (κ2) is 7.20. The molecule has 2 heterocycles. The van der Waals surface area contributed by atoms with Crippen LogP contribution in [0.1, 0.15) is 29.8 Å². The van der Waals surface area contributed by atoms with E-state index < -0.39 is 0 Å². The van der Waals surface area contributed by atoms with Gasteiger partial charge in [-0.15, -0.1) is 11.3 Å². The predicted molar refractivity (Wildman–Crippen MR) is 88.8 cm³/mol. The molecule has 18 heavy (non-hydrogen) atoms. The van der Waals surface area contributed by atoms with Crippen molar-refractivity contribution >= 4 is 54.5 Å². The minimum absolute atomic E-state index is 0.409. The number of thiophene rings is 2. The van der Waals surface area contributed by atoms with E-state index >= 15 is 0 Å². The molecule has 0 aromatic carbocycles. The van der Waals surface area contributed by atoms with Crippen molar-refractivity contribution in [1.29, 1.82) is 0 Å². The van der Waals surface area contributed by atoms with Gasteiger partial charge in [-0.05, 0) is 79.7 Å². The van der Waals surface area contributed by atoms with Crippen LogP contribution in [0.5, 0.6) is 0 Å². The zero-order valence-electron chi connectivity index (χ0n) is 10.1. The highest BCUT2D eigenvalue weighted by atomic mass is 79.9. The molecule has 0 saturated carbocycles. The fourth-order valence-electron chi connectivity index (χ4n) is 1.77. The van der Waals surface area contributed by atoms with Crippen molar-refractivity contribution in [2.24, 2.45) is 0 Å². The first kappa shape index (κ1) is 14.7. The lowest BCUT2D eigenvalue weighted by Gasteiger charge is -2.16. The lowest BCUT2D eigenvalue weighted by Crippen LogP contribution is -2.23. The van der Waals surface area contributed by atoms with Gasteiger partial charge in [0.2, 0.25) is 0 Å². The molecular formula is C13H15Br2NS2. The Morgan fingerprint density at radius 1 is 1.39 bits per heavy atom. The summed E-state index contributed by atoms with van der Waals surface area (Å²) < 4.78 is 2.32. The van der Waals surface area contributed by atoms with Crippen LogP contribution in [-0.2, 0) is 6.42 Å². The normalized spacial score (nSPS) is 12.8. The molecule has 0 aliphatic heterocycles. The highest BCUT2D eigenvalue weighted by molar-refractivity contribution is 9.13. The van der Waals surface area contributed by atoms with Crippen LogP contribution in [0.15, 0.2) is 31.2 Å². The summed E-state index contributed by atoms with van der Waals surface area (Å²) in [6.45, 7) is 3.26. The van der Waals surface area contributed by atoms with Gasteiger partial charge in [0.1, 0.15) is 0 Å². The molecule has 1 N–H and O–H groups in total. The molecule has 0 amide bonds. The third kappa shape index (κ3) is 3.90. The van der Waals surface area contributed by atoms with Crippen molar-refractivity contribution in [2.75, 3.05) is 6.54 Å². The molecule has 0 fully saturated rings. The molecule has 0 spiro atoms. The number of hydrogen-bond acceptors (Lipinski definition) is 3. The zero-order chi connectivity index (χ0) is 13.0. The van der Waals surface area contributed by atoms with E-state index in [0.717, 1.165) is 23.9 Å². The summed E-state index contributed by atoms with van der Waals surface area (Å²) in [7, 11) is 0. The summed E-state index contributed by atoms with van der Waals surface area (Å²) in [5, 5.41) is 8.02. The van der Waals surface area contributed by atoms with Gasteiger partial charge in [-0.1, -0.05) is 6.92 Å². The minimum Gasteiger partial charge on any atom is -0.309 e. The van der Waals surface area contributed by atoms with E-state index in [9.17, 15) is 0 Å². The predicted octanol–water partition coefficient (Wildman–Crippen LogP) is 5.62. The molecule has 98 valence electrons. The van der Waals surface area contributed by atoms with E-state index in [0.29, 0.717) is 6.04 Å². The van der Waals surface area contributed by atoms with Crippen LogP contribution in [0, 0.1) is 0 Å². The molecule has 0 radical (unpaired) electrons. The van der Waals surface area contributed by atoms with E-state index in [2.05, 4.69) is 67.0 Å². The van der Waals surface area contributed by atoms with Crippen LogP contribution in [0.25, 0.3) is 0 Å². The van der Waals surface area contributed by atoms with Gasteiger partial charge in [-0.3, -0.25) is 0 Å². The summed E-state index contributed by atoms with van der Waals surface area (Å²) in [6, 6.07) is 4.84. The first-order chi connectivity index (χ1) is 8.70. The summed E-state index contributed by atoms with van der Waals surface area (Å²) in [5.74, 6) is 0. The molecule has 1 nitrogen and oxygen atoms in total. The molecule has 5 heteroatoms. The molecule has 1 unspecified atom stereocenters. The summed E-state index contributed by atoms with van der Waals surface area (Å²) in [4.78, 5) is 1.38. The molecule has 0 aliphatic rings. The average Bonchev–Trinajstić information content (AvgIpc) is 2.96. The Morgan fingerprint density at radius 2 is 2.22 bits per heavy atom. The summed E-state index contributed by atoms with van der Waals surface area (Å²) >= 11 is 10.7. The van der Waals surface area contributed by atoms with Crippen molar-refractivity contribution < 1.29 is 0 Å². The Labute approximate surface area is 133 Å². The maximum absolute atomic E-state index is 3.64. The Hall–Kier alpha value is 0.320. The Balaban J connectivity index is 2.13. The monoisotopic (exact) mass is 407 g/mol. The quantitative estimate of drug-likeness (QED) is 0.654. The largest absolute Gasteiger partial charge is 0.309 e. The maximum atomic E-state index is 3.64. The van der Waals surface area contributed by atoms with Gasteiger partial charge in [0.15, 0.2) is 0 Å². The Bertz CT molecular complexity index is 460. The standard InChI is InChI=1S/C13H15Br2NS2/c1-2-4-16-11(6-9-3-5-17-8-9)12-7-10(14)13(15)18-12/h3,5,7-8,11,16H,2,4,6H2,1H3. The van der Waals surface area contributed by atoms with Gasteiger partial charge < -0.3 is 5.32 Å². The van der Waals surface area contributed by atoms with Crippen LogP contribution >= 0.6 is 54.5 Å². The molecule has 2 aromatic rings. The zero-order valence-corrected chi connectivity index (χ0v) is 14.9. The van der Waals surface area contributed by atoms with Crippen LogP contribution in [0.4, 0.5) is 0 Å². The average molecular weight is 409 g/mol. The first-order valence-electron chi connectivity index (χ1n) is 5.90. The van der Waals surface area contributed by atoms with Gasteiger partial charge in [0, 0.05) is 15.4 Å². The fraction of sp³-hybridized carbons (Fsp3) is 0.385. The Morgan fingerprint density at radius 3 is 2.78 bits per heavy atom. The van der Waals surface area contributed by atoms with Crippen LogP contribution in [0.3, 0.4) is 0 Å². The second-order valence-corrected chi connectivity index (χ2v) is 8.15. The van der Waals surface area contributed by atoms with E-state index in [4.69, 9.17) is 0 Å². The van der Waals surface area contributed by atoms with Gasteiger partial charge in [0.05, 0.1) is 3.79 Å². The summed E-state index contributed by atoms with van der Waals surface area (Å²) in [5.41, 5.74) is 1.41. The van der Waals surface area contributed by atoms with Crippen LogP contribution in [0.2, 0.25) is 0 Å². The van der Waals surface area contributed by atoms with E-state index in [-0.39, 0.29) is 0 Å². The number of halogens is 2. The smallest absolute Gasteiger partial charge is 0.0843 e. The molecule has 0 aliphatic carbocycles. The lowest BCUT2D eigenvalue weighted by atomic mass is 10.1. The summed E-state index contributed by atoms with van der Waals surface area (Å²) in [6.07, 6.45) is 2.22. The molecule has 0 bridgehead atoms. The van der Waals surface area contributed by atoms with E-state index in [1.54, 1.807) is 22.7 Å². The number of nitrogens with one attached hydrogen (secondary N) is 1. The highest BCUT2D eigenvalue weighted by Crippen LogP contribution is 2.36. The second-order valence-electron chi connectivity index (χ2n) is 4.11. The SMILES string of the molecule is CCCNC(Cc1ccsc1)c1cc(Br)c(Br)s1. The maximum Gasteiger partial charge on any atom is 0.0843 e. The van der Waals surface area contributed by atoms with Gasteiger partial charge in [-0.25, -0.2) is 0 Å². The number of hydrogen-bond donors (Lipinski definition) is 1. The lowest BCUT2D eigenvalue weighted by molar-refractivity contribution is 0.537.